The highest BCUT2D eigenvalue weighted by atomic mass is 16.5. The van der Waals surface area contributed by atoms with Crippen molar-refractivity contribution in [2.75, 3.05) is 7.11 Å². The van der Waals surface area contributed by atoms with Crippen molar-refractivity contribution in [1.29, 1.82) is 0 Å². The Morgan fingerprint density at radius 1 is 1.08 bits per heavy atom. The number of carboxylic acid groups (broad SMARTS) is 1. The SMILES string of the molecule is COc1cccc(C(C)(C)NC(=O)[C@H]2CC[C@H]3[C@@H]4C=CC5=CC(C(=O)O)CC[C@]5(C)[C@H]4CC[C@]23C)c1. The van der Waals surface area contributed by atoms with E-state index in [4.69, 9.17) is 4.74 Å². The Hall–Kier alpha value is -2.56. The van der Waals surface area contributed by atoms with Gasteiger partial charge in [0.1, 0.15) is 5.75 Å². The number of nitrogens with one attached hydrogen (secondary N) is 1. The number of amides is 1. The minimum absolute atomic E-state index is 0.00854. The van der Waals surface area contributed by atoms with Gasteiger partial charge in [-0.3, -0.25) is 9.59 Å². The molecule has 4 aliphatic rings. The normalized spacial score (nSPS) is 37.2. The van der Waals surface area contributed by atoms with Gasteiger partial charge in [0.25, 0.3) is 0 Å². The van der Waals surface area contributed by atoms with Gasteiger partial charge >= 0.3 is 5.97 Å². The van der Waals surface area contributed by atoms with Gasteiger partial charge in [0.2, 0.25) is 5.91 Å². The van der Waals surface area contributed by atoms with Crippen molar-refractivity contribution in [2.24, 2.45) is 40.4 Å². The van der Waals surface area contributed by atoms with Crippen LogP contribution in [0.2, 0.25) is 0 Å². The number of rotatable bonds is 5. The molecule has 36 heavy (non-hydrogen) atoms. The van der Waals surface area contributed by atoms with Gasteiger partial charge in [-0.15, -0.1) is 0 Å². The molecular weight excluding hydrogens is 450 g/mol. The first kappa shape index (κ1) is 25.1. The molecule has 0 aromatic heterocycles. The van der Waals surface area contributed by atoms with E-state index in [1.807, 2.05) is 30.3 Å². The van der Waals surface area contributed by atoms with E-state index in [1.165, 1.54) is 5.57 Å². The minimum atomic E-state index is -0.710. The number of carbonyl (C=O) groups excluding carboxylic acids is 1. The Kier molecular flexibility index (Phi) is 6.12. The highest BCUT2D eigenvalue weighted by Gasteiger charge is 2.59. The zero-order valence-electron chi connectivity index (χ0n) is 22.3. The second kappa shape index (κ2) is 8.78. The number of aliphatic carboxylic acids is 1. The van der Waals surface area contributed by atoms with E-state index in [2.05, 4.69) is 45.2 Å². The van der Waals surface area contributed by atoms with Crippen LogP contribution in [-0.2, 0) is 15.1 Å². The Balaban J connectivity index is 1.36. The number of allylic oxidation sites excluding steroid dienone is 3. The summed E-state index contributed by atoms with van der Waals surface area (Å²) in [4.78, 5) is 25.4. The maximum absolute atomic E-state index is 13.8. The predicted octanol–water partition coefficient (Wildman–Crippen LogP) is 6.10. The predicted molar refractivity (Wildman–Crippen MR) is 140 cm³/mol. The number of carbonyl (C=O) groups is 2. The third-order valence-electron chi connectivity index (χ3n) is 10.5. The molecule has 0 aliphatic heterocycles. The third kappa shape index (κ3) is 3.90. The number of hydrogen-bond donors (Lipinski definition) is 2. The highest BCUT2D eigenvalue weighted by Crippen LogP contribution is 2.65. The fraction of sp³-hybridized carbons (Fsp3) is 0.613. The number of hydrogen-bond acceptors (Lipinski definition) is 3. The summed E-state index contributed by atoms with van der Waals surface area (Å²) in [5.74, 6) is 1.36. The number of carboxylic acids is 1. The van der Waals surface area contributed by atoms with E-state index in [9.17, 15) is 14.7 Å². The van der Waals surface area contributed by atoms with Gasteiger partial charge in [-0.25, -0.2) is 0 Å². The Bertz CT molecular complexity index is 1120. The van der Waals surface area contributed by atoms with Crippen molar-refractivity contribution >= 4 is 11.9 Å². The summed E-state index contributed by atoms with van der Waals surface area (Å²) in [5.41, 5.74) is 1.80. The standard InChI is InChI=1S/C31H41NO4/c1-29(2,20-7-6-8-22(18-20)36-5)32-27(33)26-12-11-24-23-10-9-21-17-19(28(34)35)13-15-30(21,3)25(23)14-16-31(24,26)4/h6-10,17-19,23-26H,11-16H2,1-5H3,(H,32,33)(H,34,35)/t19?,23-,24-,25-,26+,30-,31-/m0/s1. The molecule has 194 valence electrons. The lowest BCUT2D eigenvalue weighted by atomic mass is 9.48. The van der Waals surface area contributed by atoms with Crippen LogP contribution in [0.25, 0.3) is 0 Å². The van der Waals surface area contributed by atoms with Crippen molar-refractivity contribution in [3.05, 3.63) is 53.6 Å². The van der Waals surface area contributed by atoms with Crippen molar-refractivity contribution in [3.63, 3.8) is 0 Å². The van der Waals surface area contributed by atoms with E-state index in [-0.39, 0.29) is 28.6 Å². The summed E-state index contributed by atoms with van der Waals surface area (Å²) in [6.07, 6.45) is 12.4. The van der Waals surface area contributed by atoms with Crippen molar-refractivity contribution in [2.45, 2.75) is 71.8 Å². The molecule has 2 saturated carbocycles. The Morgan fingerprint density at radius 3 is 2.58 bits per heavy atom. The smallest absolute Gasteiger partial charge is 0.310 e. The van der Waals surface area contributed by atoms with Crippen LogP contribution in [0.5, 0.6) is 5.75 Å². The molecule has 2 fully saturated rings. The summed E-state index contributed by atoms with van der Waals surface area (Å²) in [6, 6.07) is 7.95. The topological polar surface area (TPSA) is 75.6 Å². The minimum Gasteiger partial charge on any atom is -0.497 e. The van der Waals surface area contributed by atoms with Crippen LogP contribution in [-0.4, -0.2) is 24.1 Å². The lowest BCUT2D eigenvalue weighted by Crippen LogP contribution is -2.52. The maximum Gasteiger partial charge on any atom is 0.310 e. The third-order valence-corrected chi connectivity index (χ3v) is 10.5. The van der Waals surface area contributed by atoms with E-state index in [0.717, 1.165) is 49.8 Å². The summed E-state index contributed by atoms with van der Waals surface area (Å²) < 4.78 is 5.40. The van der Waals surface area contributed by atoms with Crippen LogP contribution in [0.4, 0.5) is 0 Å². The monoisotopic (exact) mass is 491 g/mol. The molecule has 0 bridgehead atoms. The average molecular weight is 492 g/mol. The molecule has 4 aliphatic carbocycles. The van der Waals surface area contributed by atoms with Crippen molar-refractivity contribution in [3.8, 4) is 5.75 Å². The Labute approximate surface area is 215 Å². The van der Waals surface area contributed by atoms with Gasteiger partial charge in [0.05, 0.1) is 18.6 Å². The molecule has 0 radical (unpaired) electrons. The summed E-state index contributed by atoms with van der Waals surface area (Å²) in [7, 11) is 1.66. The molecular formula is C31H41NO4. The zero-order chi connectivity index (χ0) is 25.9. The second-order valence-corrected chi connectivity index (χ2v) is 12.7. The van der Waals surface area contributed by atoms with E-state index in [1.54, 1.807) is 7.11 Å². The van der Waals surface area contributed by atoms with Gasteiger partial charge in [-0.05, 0) is 104 Å². The molecule has 5 rings (SSSR count). The molecule has 5 heteroatoms. The summed E-state index contributed by atoms with van der Waals surface area (Å²) in [5, 5.41) is 12.9. The van der Waals surface area contributed by atoms with Crippen LogP contribution in [0.15, 0.2) is 48.1 Å². The lowest BCUT2D eigenvalue weighted by molar-refractivity contribution is -0.140. The first-order valence-electron chi connectivity index (χ1n) is 13.6. The number of fused-ring (bicyclic) bond motifs is 5. The summed E-state index contributed by atoms with van der Waals surface area (Å²) in [6.45, 7) is 8.85. The van der Waals surface area contributed by atoms with Gasteiger partial charge in [-0.1, -0.05) is 44.2 Å². The molecule has 7 atom stereocenters. The van der Waals surface area contributed by atoms with E-state index < -0.39 is 11.5 Å². The Morgan fingerprint density at radius 2 is 1.86 bits per heavy atom. The van der Waals surface area contributed by atoms with Crippen LogP contribution < -0.4 is 10.1 Å². The molecule has 1 aromatic carbocycles. The fourth-order valence-electron chi connectivity index (χ4n) is 8.26. The van der Waals surface area contributed by atoms with Crippen LogP contribution in [0, 0.1) is 40.4 Å². The van der Waals surface area contributed by atoms with Crippen LogP contribution >= 0.6 is 0 Å². The first-order chi connectivity index (χ1) is 17.0. The van der Waals surface area contributed by atoms with Crippen molar-refractivity contribution < 1.29 is 19.4 Å². The van der Waals surface area contributed by atoms with Gasteiger partial charge in [-0.2, -0.15) is 0 Å². The van der Waals surface area contributed by atoms with Crippen molar-refractivity contribution in [1.82, 2.24) is 5.32 Å². The maximum atomic E-state index is 13.8. The van der Waals surface area contributed by atoms with E-state index in [0.29, 0.717) is 17.8 Å². The lowest BCUT2D eigenvalue weighted by Gasteiger charge is -2.56. The van der Waals surface area contributed by atoms with Gasteiger partial charge in [0, 0.05) is 5.92 Å². The van der Waals surface area contributed by atoms with Gasteiger partial charge in [0.15, 0.2) is 0 Å². The first-order valence-corrected chi connectivity index (χ1v) is 13.6. The highest BCUT2D eigenvalue weighted by molar-refractivity contribution is 5.81. The average Bonchev–Trinajstić information content (AvgIpc) is 3.20. The second-order valence-electron chi connectivity index (χ2n) is 12.7. The molecule has 0 saturated heterocycles. The molecule has 1 unspecified atom stereocenters. The van der Waals surface area contributed by atoms with E-state index >= 15 is 0 Å². The number of ether oxygens (including phenoxy) is 1. The molecule has 1 amide bonds. The molecule has 0 spiro atoms. The fourth-order valence-corrected chi connectivity index (χ4v) is 8.26. The van der Waals surface area contributed by atoms with Gasteiger partial charge < -0.3 is 15.2 Å². The quantitative estimate of drug-likeness (QED) is 0.522. The van der Waals surface area contributed by atoms with Crippen LogP contribution in [0.3, 0.4) is 0 Å². The molecule has 5 nitrogen and oxygen atoms in total. The molecule has 0 heterocycles. The van der Waals surface area contributed by atoms with Crippen LogP contribution in [0.1, 0.15) is 71.8 Å². The summed E-state index contributed by atoms with van der Waals surface area (Å²) >= 11 is 0. The zero-order valence-corrected chi connectivity index (χ0v) is 22.3. The number of methoxy groups -OCH3 is 1. The molecule has 2 N–H and O–H groups in total. The largest absolute Gasteiger partial charge is 0.497 e. The number of benzene rings is 1. The molecule has 1 aromatic rings.